The molecule has 3 nitrogen and oxygen atoms in total. The Morgan fingerprint density at radius 2 is 2.00 bits per heavy atom. The summed E-state index contributed by atoms with van der Waals surface area (Å²) >= 11 is 0. The Morgan fingerprint density at radius 1 is 1.29 bits per heavy atom. The second kappa shape index (κ2) is 5.70. The van der Waals surface area contributed by atoms with E-state index in [-0.39, 0.29) is 0 Å². The highest BCUT2D eigenvalue weighted by Crippen LogP contribution is 1.97. The third-order valence-electron chi connectivity index (χ3n) is 1.58. The van der Waals surface area contributed by atoms with E-state index in [0.717, 1.165) is 5.56 Å². The first-order valence-corrected chi connectivity index (χ1v) is 4.38. The summed E-state index contributed by atoms with van der Waals surface area (Å²) in [6, 6.07) is 9.54. The van der Waals surface area contributed by atoms with Gasteiger partial charge in [-0.3, -0.25) is 0 Å². The highest BCUT2D eigenvalue weighted by atomic mass is 15.2. The van der Waals surface area contributed by atoms with Gasteiger partial charge in [0, 0.05) is 11.8 Å². The number of nitrogens with zero attached hydrogens (tertiary/aromatic N) is 2. The summed E-state index contributed by atoms with van der Waals surface area (Å²) < 4.78 is 0. The molecule has 0 atom stereocenters. The number of allylic oxidation sites excluding steroid dienone is 2. The maximum atomic E-state index is 5.69. The molecule has 0 radical (unpaired) electrons. The molecule has 72 valence electrons. The SMILES string of the molecule is C/C=C/C=NN=C(N)c1ccccc1. The van der Waals surface area contributed by atoms with E-state index in [1.165, 1.54) is 0 Å². The van der Waals surface area contributed by atoms with E-state index in [4.69, 9.17) is 5.73 Å². The Morgan fingerprint density at radius 3 is 2.64 bits per heavy atom. The van der Waals surface area contributed by atoms with Gasteiger partial charge in [0.2, 0.25) is 0 Å². The van der Waals surface area contributed by atoms with Crippen LogP contribution in [0.1, 0.15) is 12.5 Å². The van der Waals surface area contributed by atoms with Crippen molar-refractivity contribution < 1.29 is 0 Å². The second-order valence-electron chi connectivity index (χ2n) is 2.64. The van der Waals surface area contributed by atoms with Gasteiger partial charge < -0.3 is 5.73 Å². The van der Waals surface area contributed by atoms with Crippen molar-refractivity contribution in [1.82, 2.24) is 0 Å². The van der Waals surface area contributed by atoms with E-state index in [1.807, 2.05) is 43.3 Å². The average molecular weight is 187 g/mol. The predicted octanol–water partition coefficient (Wildman–Crippen LogP) is 1.95. The van der Waals surface area contributed by atoms with Gasteiger partial charge >= 0.3 is 0 Å². The second-order valence-corrected chi connectivity index (χ2v) is 2.64. The van der Waals surface area contributed by atoms with Crippen LogP contribution in [0.4, 0.5) is 0 Å². The standard InChI is InChI=1S/C11H13N3/c1-2-3-9-13-14-11(12)10-7-5-4-6-8-10/h2-9H,1H3,(H2,12,14)/b3-2+,13-9?. The molecule has 0 aliphatic heterocycles. The minimum Gasteiger partial charge on any atom is -0.382 e. The Bertz CT molecular complexity index is 350. The molecule has 0 saturated heterocycles. The predicted molar refractivity (Wildman–Crippen MR) is 60.5 cm³/mol. The number of hydrogen-bond donors (Lipinski definition) is 1. The van der Waals surface area contributed by atoms with Crippen molar-refractivity contribution in [3.8, 4) is 0 Å². The third kappa shape index (κ3) is 3.23. The fourth-order valence-corrected chi connectivity index (χ4v) is 0.887. The zero-order chi connectivity index (χ0) is 10.2. The van der Waals surface area contributed by atoms with Crippen LogP contribution in [0.3, 0.4) is 0 Å². The van der Waals surface area contributed by atoms with Crippen molar-refractivity contribution in [3.63, 3.8) is 0 Å². The lowest BCUT2D eigenvalue weighted by atomic mass is 10.2. The van der Waals surface area contributed by atoms with Crippen molar-refractivity contribution in [2.75, 3.05) is 0 Å². The first-order valence-electron chi connectivity index (χ1n) is 4.38. The van der Waals surface area contributed by atoms with Crippen LogP contribution in [0.15, 0.2) is 52.7 Å². The minimum absolute atomic E-state index is 0.423. The fourth-order valence-electron chi connectivity index (χ4n) is 0.887. The lowest BCUT2D eigenvalue weighted by molar-refractivity contribution is 1.23. The average Bonchev–Trinajstić information content (AvgIpc) is 2.25. The Hall–Kier alpha value is -1.90. The van der Waals surface area contributed by atoms with Crippen molar-refractivity contribution in [3.05, 3.63) is 48.0 Å². The number of rotatable bonds is 3. The number of nitrogens with two attached hydrogens (primary N) is 1. The van der Waals surface area contributed by atoms with E-state index >= 15 is 0 Å². The van der Waals surface area contributed by atoms with Gasteiger partial charge in [0.1, 0.15) is 0 Å². The van der Waals surface area contributed by atoms with Gasteiger partial charge in [-0.25, -0.2) is 0 Å². The number of benzene rings is 1. The largest absolute Gasteiger partial charge is 0.382 e. The molecule has 0 aliphatic carbocycles. The number of hydrogen-bond acceptors (Lipinski definition) is 2. The van der Waals surface area contributed by atoms with Crippen LogP contribution in [0.5, 0.6) is 0 Å². The van der Waals surface area contributed by atoms with Gasteiger partial charge in [-0.1, -0.05) is 36.4 Å². The molecule has 0 aromatic heterocycles. The zero-order valence-electron chi connectivity index (χ0n) is 8.09. The molecule has 0 aliphatic rings. The smallest absolute Gasteiger partial charge is 0.153 e. The molecule has 2 N–H and O–H groups in total. The molecule has 0 saturated carbocycles. The van der Waals surface area contributed by atoms with Gasteiger partial charge in [0.25, 0.3) is 0 Å². The van der Waals surface area contributed by atoms with Crippen LogP contribution in [0, 0.1) is 0 Å². The van der Waals surface area contributed by atoms with E-state index in [2.05, 4.69) is 10.2 Å². The Kier molecular flexibility index (Phi) is 4.14. The van der Waals surface area contributed by atoms with Gasteiger partial charge in [-0.05, 0) is 13.0 Å². The van der Waals surface area contributed by atoms with Crippen molar-refractivity contribution >= 4 is 12.1 Å². The molecule has 0 amide bonds. The quantitative estimate of drug-likeness (QED) is 0.439. The van der Waals surface area contributed by atoms with Crippen LogP contribution in [0.2, 0.25) is 0 Å². The topological polar surface area (TPSA) is 50.7 Å². The maximum Gasteiger partial charge on any atom is 0.153 e. The highest BCUT2D eigenvalue weighted by molar-refractivity contribution is 5.97. The maximum absolute atomic E-state index is 5.69. The number of amidine groups is 1. The minimum atomic E-state index is 0.423. The molecular formula is C11H13N3. The van der Waals surface area contributed by atoms with Crippen LogP contribution < -0.4 is 5.73 Å². The molecule has 14 heavy (non-hydrogen) atoms. The summed E-state index contributed by atoms with van der Waals surface area (Å²) in [6.45, 7) is 1.91. The van der Waals surface area contributed by atoms with Gasteiger partial charge in [-0.15, -0.1) is 5.10 Å². The van der Waals surface area contributed by atoms with Crippen LogP contribution in [-0.2, 0) is 0 Å². The molecule has 0 bridgehead atoms. The summed E-state index contributed by atoms with van der Waals surface area (Å²) in [7, 11) is 0. The van der Waals surface area contributed by atoms with Gasteiger partial charge in [0.05, 0.1) is 0 Å². The van der Waals surface area contributed by atoms with Crippen LogP contribution in [-0.4, -0.2) is 12.1 Å². The normalized spacial score (nSPS) is 12.8. The van der Waals surface area contributed by atoms with Gasteiger partial charge in [0.15, 0.2) is 5.84 Å². The van der Waals surface area contributed by atoms with Crippen LogP contribution >= 0.6 is 0 Å². The highest BCUT2D eigenvalue weighted by Gasteiger charge is 1.93. The van der Waals surface area contributed by atoms with E-state index in [0.29, 0.717) is 5.84 Å². The molecule has 1 aromatic carbocycles. The van der Waals surface area contributed by atoms with Crippen molar-refractivity contribution in [2.24, 2.45) is 15.9 Å². The molecule has 1 aromatic rings. The first kappa shape index (κ1) is 10.2. The zero-order valence-corrected chi connectivity index (χ0v) is 8.09. The monoisotopic (exact) mass is 187 g/mol. The van der Waals surface area contributed by atoms with Crippen molar-refractivity contribution in [1.29, 1.82) is 0 Å². The third-order valence-corrected chi connectivity index (χ3v) is 1.58. The van der Waals surface area contributed by atoms with Crippen LogP contribution in [0.25, 0.3) is 0 Å². The lowest BCUT2D eigenvalue weighted by Gasteiger charge is -1.95. The molecule has 0 heterocycles. The summed E-state index contributed by atoms with van der Waals surface area (Å²) in [5.74, 6) is 0.423. The summed E-state index contributed by atoms with van der Waals surface area (Å²) in [5, 5.41) is 7.63. The van der Waals surface area contributed by atoms with E-state index in [9.17, 15) is 0 Å². The van der Waals surface area contributed by atoms with Gasteiger partial charge in [-0.2, -0.15) is 5.10 Å². The first-order chi connectivity index (χ1) is 6.84. The molecule has 1 rings (SSSR count). The lowest BCUT2D eigenvalue weighted by Crippen LogP contribution is -2.12. The molecule has 0 unspecified atom stereocenters. The Labute approximate surface area is 83.7 Å². The molecular weight excluding hydrogens is 174 g/mol. The summed E-state index contributed by atoms with van der Waals surface area (Å²) in [5.41, 5.74) is 6.57. The Balaban J connectivity index is 2.70. The van der Waals surface area contributed by atoms with E-state index in [1.54, 1.807) is 12.3 Å². The van der Waals surface area contributed by atoms with Crippen molar-refractivity contribution in [2.45, 2.75) is 6.92 Å². The summed E-state index contributed by atoms with van der Waals surface area (Å²) in [6.07, 6.45) is 5.26. The van der Waals surface area contributed by atoms with E-state index < -0.39 is 0 Å². The molecule has 3 heteroatoms. The molecule has 0 fully saturated rings. The summed E-state index contributed by atoms with van der Waals surface area (Å²) in [4.78, 5) is 0. The molecule has 0 spiro atoms. The fraction of sp³-hybridized carbons (Fsp3) is 0.0909.